The van der Waals surface area contributed by atoms with Crippen molar-refractivity contribution in [1.29, 1.82) is 0 Å². The van der Waals surface area contributed by atoms with Gasteiger partial charge in [-0.2, -0.15) is 0 Å². The van der Waals surface area contributed by atoms with E-state index in [2.05, 4.69) is 5.32 Å². The van der Waals surface area contributed by atoms with Gasteiger partial charge in [0.1, 0.15) is 0 Å². The fourth-order valence-corrected chi connectivity index (χ4v) is 2.27. The van der Waals surface area contributed by atoms with Crippen LogP contribution in [-0.4, -0.2) is 26.3 Å². The molecule has 0 unspecified atom stereocenters. The van der Waals surface area contributed by atoms with Crippen LogP contribution in [0.3, 0.4) is 0 Å². The predicted molar refractivity (Wildman–Crippen MR) is 51.8 cm³/mol. The molecule has 3 heteroatoms. The van der Waals surface area contributed by atoms with E-state index in [9.17, 15) is 0 Å². The van der Waals surface area contributed by atoms with E-state index in [1.165, 1.54) is 38.8 Å². The Balaban J connectivity index is 0.000000720. The van der Waals surface area contributed by atoms with Gasteiger partial charge in [-0.25, -0.2) is 0 Å². The van der Waals surface area contributed by atoms with Crippen LogP contribution in [0.2, 0.25) is 0 Å². The standard InChI is InChI=1S/C9H17NO.ClH/c1-11-8-2-4-9(5-3-8)6-10-7-9;/h8,10H,2-7H2,1H3;1H. The van der Waals surface area contributed by atoms with Gasteiger partial charge >= 0.3 is 0 Å². The van der Waals surface area contributed by atoms with Crippen molar-refractivity contribution in [3.05, 3.63) is 0 Å². The molecule has 2 aliphatic rings. The third-order valence-corrected chi connectivity index (χ3v) is 3.33. The number of methoxy groups -OCH3 is 1. The monoisotopic (exact) mass is 191 g/mol. The highest BCUT2D eigenvalue weighted by Gasteiger charge is 2.39. The minimum atomic E-state index is 0. The molecular formula is C9H18ClNO. The summed E-state index contributed by atoms with van der Waals surface area (Å²) in [6, 6.07) is 0. The number of hydrogen-bond donors (Lipinski definition) is 1. The number of rotatable bonds is 1. The van der Waals surface area contributed by atoms with Crippen molar-refractivity contribution in [3.8, 4) is 0 Å². The highest BCUT2D eigenvalue weighted by molar-refractivity contribution is 5.85. The second-order valence-electron chi connectivity index (χ2n) is 4.04. The van der Waals surface area contributed by atoms with Gasteiger partial charge in [0, 0.05) is 20.2 Å². The van der Waals surface area contributed by atoms with Gasteiger partial charge in [-0.3, -0.25) is 0 Å². The van der Waals surface area contributed by atoms with Crippen LogP contribution >= 0.6 is 12.4 Å². The Bertz CT molecular complexity index is 137. The molecule has 0 aromatic carbocycles. The lowest BCUT2D eigenvalue weighted by atomic mass is 9.69. The molecule has 2 rings (SSSR count). The largest absolute Gasteiger partial charge is 0.381 e. The molecule has 0 atom stereocenters. The van der Waals surface area contributed by atoms with Gasteiger partial charge in [-0.05, 0) is 31.1 Å². The van der Waals surface area contributed by atoms with Crippen LogP contribution < -0.4 is 5.32 Å². The normalized spacial score (nSPS) is 27.8. The molecule has 1 spiro atoms. The van der Waals surface area contributed by atoms with E-state index < -0.39 is 0 Å². The van der Waals surface area contributed by atoms with Crippen molar-refractivity contribution in [2.45, 2.75) is 31.8 Å². The minimum Gasteiger partial charge on any atom is -0.381 e. The van der Waals surface area contributed by atoms with Crippen molar-refractivity contribution < 1.29 is 4.74 Å². The van der Waals surface area contributed by atoms with Gasteiger partial charge in [-0.15, -0.1) is 12.4 Å². The minimum absolute atomic E-state index is 0. The Morgan fingerprint density at radius 1 is 1.25 bits per heavy atom. The quantitative estimate of drug-likeness (QED) is 0.680. The first-order chi connectivity index (χ1) is 5.35. The molecule has 1 saturated heterocycles. The van der Waals surface area contributed by atoms with Crippen LogP contribution in [0.1, 0.15) is 25.7 Å². The Morgan fingerprint density at radius 2 is 1.83 bits per heavy atom. The number of ether oxygens (including phenoxy) is 1. The van der Waals surface area contributed by atoms with E-state index in [0.29, 0.717) is 11.5 Å². The fourth-order valence-electron chi connectivity index (χ4n) is 2.27. The molecule has 0 bridgehead atoms. The van der Waals surface area contributed by atoms with Crippen LogP contribution in [0.4, 0.5) is 0 Å². The van der Waals surface area contributed by atoms with E-state index in [-0.39, 0.29) is 12.4 Å². The summed E-state index contributed by atoms with van der Waals surface area (Å²) < 4.78 is 5.33. The van der Waals surface area contributed by atoms with Gasteiger partial charge in [0.15, 0.2) is 0 Å². The second kappa shape index (κ2) is 3.95. The second-order valence-corrected chi connectivity index (χ2v) is 4.04. The Labute approximate surface area is 80.5 Å². The summed E-state index contributed by atoms with van der Waals surface area (Å²) in [6.07, 6.45) is 5.86. The molecule has 2 fully saturated rings. The highest BCUT2D eigenvalue weighted by atomic mass is 35.5. The summed E-state index contributed by atoms with van der Waals surface area (Å²) in [6.45, 7) is 2.51. The van der Waals surface area contributed by atoms with Crippen LogP contribution in [-0.2, 0) is 4.74 Å². The zero-order chi connectivity index (χ0) is 7.73. The van der Waals surface area contributed by atoms with Gasteiger partial charge in [0.25, 0.3) is 0 Å². The maximum atomic E-state index is 5.33. The van der Waals surface area contributed by atoms with Crippen molar-refractivity contribution in [1.82, 2.24) is 5.32 Å². The third-order valence-electron chi connectivity index (χ3n) is 3.33. The van der Waals surface area contributed by atoms with Crippen LogP contribution in [0.15, 0.2) is 0 Å². The zero-order valence-corrected chi connectivity index (χ0v) is 8.45. The summed E-state index contributed by atoms with van der Waals surface area (Å²) in [7, 11) is 1.84. The zero-order valence-electron chi connectivity index (χ0n) is 7.64. The van der Waals surface area contributed by atoms with Gasteiger partial charge in [0.2, 0.25) is 0 Å². The molecule has 1 saturated carbocycles. The number of hydrogen-bond acceptors (Lipinski definition) is 2. The smallest absolute Gasteiger partial charge is 0.0571 e. The SMILES string of the molecule is COC1CCC2(CC1)CNC2.Cl. The summed E-state index contributed by atoms with van der Waals surface area (Å²) in [5.41, 5.74) is 0.690. The average molecular weight is 192 g/mol. The van der Waals surface area contributed by atoms with Crippen LogP contribution in [0.5, 0.6) is 0 Å². The van der Waals surface area contributed by atoms with Crippen molar-refractivity contribution >= 4 is 12.4 Å². The Morgan fingerprint density at radius 3 is 2.17 bits per heavy atom. The topological polar surface area (TPSA) is 21.3 Å². The number of nitrogens with one attached hydrogen (secondary N) is 1. The maximum Gasteiger partial charge on any atom is 0.0571 e. The molecule has 1 N–H and O–H groups in total. The molecule has 12 heavy (non-hydrogen) atoms. The van der Waals surface area contributed by atoms with Crippen molar-refractivity contribution in [3.63, 3.8) is 0 Å². The molecule has 0 radical (unpaired) electrons. The Kier molecular flexibility index (Phi) is 3.38. The molecule has 0 aromatic heterocycles. The first-order valence-electron chi connectivity index (χ1n) is 4.58. The van der Waals surface area contributed by atoms with E-state index in [1.54, 1.807) is 0 Å². The molecule has 0 amide bonds. The summed E-state index contributed by atoms with van der Waals surface area (Å²) in [4.78, 5) is 0. The van der Waals surface area contributed by atoms with E-state index in [4.69, 9.17) is 4.74 Å². The first-order valence-corrected chi connectivity index (χ1v) is 4.58. The van der Waals surface area contributed by atoms with Crippen LogP contribution in [0, 0.1) is 5.41 Å². The first kappa shape index (κ1) is 10.3. The van der Waals surface area contributed by atoms with Gasteiger partial charge in [-0.1, -0.05) is 0 Å². The average Bonchev–Trinajstić information content (AvgIpc) is 2.02. The number of halogens is 1. The van der Waals surface area contributed by atoms with E-state index >= 15 is 0 Å². The summed E-state index contributed by atoms with van der Waals surface area (Å²) in [5.74, 6) is 0. The molecule has 72 valence electrons. The molecule has 1 aliphatic carbocycles. The fraction of sp³-hybridized carbons (Fsp3) is 1.00. The lowest BCUT2D eigenvalue weighted by Crippen LogP contribution is -2.55. The summed E-state index contributed by atoms with van der Waals surface area (Å²) >= 11 is 0. The van der Waals surface area contributed by atoms with E-state index in [0.717, 1.165) is 0 Å². The van der Waals surface area contributed by atoms with Gasteiger partial charge in [0.05, 0.1) is 6.10 Å². The predicted octanol–water partition coefficient (Wildman–Crippen LogP) is 1.59. The molecule has 1 aliphatic heterocycles. The van der Waals surface area contributed by atoms with Crippen molar-refractivity contribution in [2.24, 2.45) is 5.41 Å². The van der Waals surface area contributed by atoms with Crippen molar-refractivity contribution in [2.75, 3.05) is 20.2 Å². The molecular weight excluding hydrogens is 174 g/mol. The van der Waals surface area contributed by atoms with Gasteiger partial charge < -0.3 is 10.1 Å². The van der Waals surface area contributed by atoms with E-state index in [1.807, 2.05) is 7.11 Å². The molecule has 1 heterocycles. The lowest BCUT2D eigenvalue weighted by Gasteiger charge is -2.47. The lowest BCUT2D eigenvalue weighted by molar-refractivity contribution is 0.00494. The molecule has 0 aromatic rings. The maximum absolute atomic E-state index is 5.33. The highest BCUT2D eigenvalue weighted by Crippen LogP contribution is 2.39. The summed E-state index contributed by atoms with van der Waals surface area (Å²) in [5, 5.41) is 3.36. The van der Waals surface area contributed by atoms with Crippen LogP contribution in [0.25, 0.3) is 0 Å². The molecule has 2 nitrogen and oxygen atoms in total. The third kappa shape index (κ3) is 1.76. The Hall–Kier alpha value is 0.210.